The van der Waals surface area contributed by atoms with Crippen molar-refractivity contribution in [3.8, 4) is 0 Å². The summed E-state index contributed by atoms with van der Waals surface area (Å²) in [5.41, 5.74) is 2.02. The fourth-order valence-electron chi connectivity index (χ4n) is 2.74. The molecule has 1 aromatic rings. The smallest absolute Gasteiger partial charge is 0.238 e. The lowest BCUT2D eigenvalue weighted by atomic mass is 9.97. The molecular formula is C16H26ClN3O. The van der Waals surface area contributed by atoms with Gasteiger partial charge in [0, 0.05) is 5.69 Å². The van der Waals surface area contributed by atoms with Crippen LogP contribution >= 0.6 is 12.4 Å². The molecule has 4 nitrogen and oxygen atoms in total. The molecule has 5 heteroatoms. The number of carbonyl (C=O) groups excluding carboxylic acids is 1. The van der Waals surface area contributed by atoms with E-state index in [9.17, 15) is 4.79 Å². The van der Waals surface area contributed by atoms with E-state index in [2.05, 4.69) is 15.5 Å². The first-order chi connectivity index (χ1) is 9.69. The lowest BCUT2D eigenvalue weighted by molar-refractivity contribution is -0.117. The molecule has 0 saturated carbocycles. The van der Waals surface area contributed by atoms with Crippen molar-refractivity contribution < 1.29 is 4.79 Å². The summed E-state index contributed by atoms with van der Waals surface area (Å²) in [5, 5.41) is 6.24. The van der Waals surface area contributed by atoms with E-state index in [1.54, 1.807) is 0 Å². The van der Waals surface area contributed by atoms with Gasteiger partial charge in [0.15, 0.2) is 0 Å². The number of rotatable bonds is 5. The van der Waals surface area contributed by atoms with Gasteiger partial charge < -0.3 is 10.6 Å². The summed E-state index contributed by atoms with van der Waals surface area (Å²) < 4.78 is 0. The number of halogens is 1. The van der Waals surface area contributed by atoms with Crippen molar-refractivity contribution in [1.29, 1.82) is 0 Å². The zero-order valence-corrected chi connectivity index (χ0v) is 13.7. The third-order valence-corrected chi connectivity index (χ3v) is 3.99. The van der Waals surface area contributed by atoms with E-state index in [4.69, 9.17) is 0 Å². The van der Waals surface area contributed by atoms with Gasteiger partial charge in [-0.15, -0.1) is 12.4 Å². The lowest BCUT2D eigenvalue weighted by Gasteiger charge is -2.31. The van der Waals surface area contributed by atoms with Gasteiger partial charge in [-0.05, 0) is 64.0 Å². The first-order valence-corrected chi connectivity index (χ1v) is 7.41. The molecule has 0 spiro atoms. The summed E-state index contributed by atoms with van der Waals surface area (Å²) in [5.74, 6) is 0.849. The molecule has 1 heterocycles. The van der Waals surface area contributed by atoms with Gasteiger partial charge in [0.1, 0.15) is 0 Å². The Bertz CT molecular complexity index is 445. The van der Waals surface area contributed by atoms with Crippen molar-refractivity contribution in [1.82, 2.24) is 10.2 Å². The molecular weight excluding hydrogens is 286 g/mol. The highest BCUT2D eigenvalue weighted by Gasteiger charge is 2.20. The average Bonchev–Trinajstić information content (AvgIpc) is 2.44. The second kappa shape index (κ2) is 9.03. The molecule has 21 heavy (non-hydrogen) atoms. The normalized spacial score (nSPS) is 16.3. The second-order valence-corrected chi connectivity index (χ2v) is 5.64. The molecule has 0 radical (unpaired) electrons. The number of piperidine rings is 1. The number of nitrogens with zero attached hydrogens (tertiary/aromatic N) is 1. The van der Waals surface area contributed by atoms with Crippen LogP contribution in [0.1, 0.15) is 18.4 Å². The van der Waals surface area contributed by atoms with Crippen molar-refractivity contribution >= 4 is 24.0 Å². The summed E-state index contributed by atoms with van der Waals surface area (Å²) in [6.07, 6.45) is 2.36. The van der Waals surface area contributed by atoms with E-state index in [1.165, 1.54) is 12.8 Å². The van der Waals surface area contributed by atoms with E-state index in [0.29, 0.717) is 6.54 Å². The number of hydrogen-bond donors (Lipinski definition) is 2. The number of carbonyl (C=O) groups is 1. The highest BCUT2D eigenvalue weighted by molar-refractivity contribution is 5.92. The van der Waals surface area contributed by atoms with Crippen LogP contribution in [0.5, 0.6) is 0 Å². The fraction of sp³-hybridized carbons (Fsp3) is 0.562. The molecule has 1 aliphatic heterocycles. The Kier molecular flexibility index (Phi) is 7.72. The van der Waals surface area contributed by atoms with E-state index in [0.717, 1.165) is 36.8 Å². The Balaban J connectivity index is 0.00000220. The maximum atomic E-state index is 12.1. The molecule has 118 valence electrons. The van der Waals surface area contributed by atoms with Crippen LogP contribution in [0.3, 0.4) is 0 Å². The maximum Gasteiger partial charge on any atom is 0.238 e. The summed E-state index contributed by atoms with van der Waals surface area (Å²) in [6.45, 7) is 5.64. The predicted molar refractivity (Wildman–Crippen MR) is 90.1 cm³/mol. The minimum Gasteiger partial charge on any atom is -0.325 e. The summed E-state index contributed by atoms with van der Waals surface area (Å²) in [4.78, 5) is 14.3. The Hall–Kier alpha value is -1.10. The van der Waals surface area contributed by atoms with Gasteiger partial charge in [-0.3, -0.25) is 9.69 Å². The van der Waals surface area contributed by atoms with Gasteiger partial charge in [0.25, 0.3) is 0 Å². The second-order valence-electron chi connectivity index (χ2n) is 5.64. The number of amides is 1. The number of aryl methyl sites for hydroxylation is 1. The van der Waals surface area contributed by atoms with E-state index in [1.807, 2.05) is 38.2 Å². The number of hydrogen-bond acceptors (Lipinski definition) is 3. The van der Waals surface area contributed by atoms with Crippen LogP contribution < -0.4 is 10.6 Å². The van der Waals surface area contributed by atoms with E-state index >= 15 is 0 Å². The van der Waals surface area contributed by atoms with Crippen molar-refractivity contribution in [2.24, 2.45) is 5.92 Å². The average molecular weight is 312 g/mol. The van der Waals surface area contributed by atoms with E-state index < -0.39 is 0 Å². The zero-order valence-electron chi connectivity index (χ0n) is 12.9. The molecule has 0 unspecified atom stereocenters. The third-order valence-electron chi connectivity index (χ3n) is 3.99. The van der Waals surface area contributed by atoms with Crippen LogP contribution in [0.25, 0.3) is 0 Å². The van der Waals surface area contributed by atoms with Gasteiger partial charge in [0.2, 0.25) is 5.91 Å². The molecule has 1 amide bonds. The van der Waals surface area contributed by atoms with Gasteiger partial charge in [0.05, 0.1) is 6.54 Å². The predicted octanol–water partition coefficient (Wildman–Crippen LogP) is 2.29. The molecule has 2 N–H and O–H groups in total. The zero-order chi connectivity index (χ0) is 14.4. The Labute approximate surface area is 133 Å². The van der Waals surface area contributed by atoms with Gasteiger partial charge in [-0.1, -0.05) is 18.2 Å². The molecule has 2 rings (SSSR count). The van der Waals surface area contributed by atoms with Crippen LogP contribution in [-0.4, -0.2) is 44.0 Å². The number of nitrogens with one attached hydrogen (secondary N) is 2. The molecule has 1 saturated heterocycles. The standard InChI is InChI=1S/C16H25N3O.ClH/c1-13-5-3-4-6-15(13)18-16(20)12-19-9-7-14(8-10-19)11-17-2;/h3-6,14,17H,7-12H2,1-2H3,(H,18,20);1H. The van der Waals surface area contributed by atoms with E-state index in [-0.39, 0.29) is 18.3 Å². The Morgan fingerprint density at radius 1 is 1.29 bits per heavy atom. The molecule has 0 atom stereocenters. The molecule has 1 fully saturated rings. The molecule has 0 bridgehead atoms. The van der Waals surface area contributed by atoms with Crippen LogP contribution in [0.15, 0.2) is 24.3 Å². The van der Waals surface area contributed by atoms with Crippen molar-refractivity contribution in [2.45, 2.75) is 19.8 Å². The van der Waals surface area contributed by atoms with Crippen LogP contribution in [0, 0.1) is 12.8 Å². The highest BCUT2D eigenvalue weighted by Crippen LogP contribution is 2.17. The molecule has 1 aliphatic rings. The van der Waals surface area contributed by atoms with Crippen LogP contribution in [0.2, 0.25) is 0 Å². The quantitative estimate of drug-likeness (QED) is 0.877. The minimum absolute atomic E-state index is 0. The largest absolute Gasteiger partial charge is 0.325 e. The molecule has 0 aliphatic carbocycles. The van der Waals surface area contributed by atoms with Gasteiger partial charge >= 0.3 is 0 Å². The SMILES string of the molecule is CNCC1CCN(CC(=O)Nc2ccccc2C)CC1.Cl. The molecule has 1 aromatic carbocycles. The first kappa shape index (κ1) is 18.0. The van der Waals surface area contributed by atoms with Crippen LogP contribution in [-0.2, 0) is 4.79 Å². The summed E-state index contributed by atoms with van der Waals surface area (Å²) in [7, 11) is 2.00. The van der Waals surface area contributed by atoms with Crippen molar-refractivity contribution in [3.63, 3.8) is 0 Å². The minimum atomic E-state index is 0. The summed E-state index contributed by atoms with van der Waals surface area (Å²) >= 11 is 0. The first-order valence-electron chi connectivity index (χ1n) is 7.41. The van der Waals surface area contributed by atoms with Gasteiger partial charge in [-0.2, -0.15) is 0 Å². The Morgan fingerprint density at radius 2 is 1.95 bits per heavy atom. The molecule has 0 aromatic heterocycles. The number of benzene rings is 1. The number of para-hydroxylation sites is 1. The maximum absolute atomic E-state index is 12.1. The Morgan fingerprint density at radius 3 is 2.57 bits per heavy atom. The van der Waals surface area contributed by atoms with Gasteiger partial charge in [-0.25, -0.2) is 0 Å². The highest BCUT2D eigenvalue weighted by atomic mass is 35.5. The van der Waals surface area contributed by atoms with Crippen molar-refractivity contribution in [3.05, 3.63) is 29.8 Å². The van der Waals surface area contributed by atoms with Crippen LogP contribution in [0.4, 0.5) is 5.69 Å². The van der Waals surface area contributed by atoms with Crippen molar-refractivity contribution in [2.75, 3.05) is 38.5 Å². The lowest BCUT2D eigenvalue weighted by Crippen LogP contribution is -2.40. The number of anilines is 1. The monoisotopic (exact) mass is 311 g/mol. The summed E-state index contributed by atoms with van der Waals surface area (Å²) in [6, 6.07) is 7.90. The number of likely N-dealkylation sites (tertiary alicyclic amines) is 1. The topological polar surface area (TPSA) is 44.4 Å². The fourth-order valence-corrected chi connectivity index (χ4v) is 2.74. The third kappa shape index (κ3) is 5.65.